The molecule has 0 aliphatic carbocycles. The minimum atomic E-state index is 0.0615. The standard InChI is InChI=1S/C14H22N2O3S/c1-5-10(17)13-11(15)12(18-4)14(20-13)16-6-8(2)19-9(3)7-16/h8-9H,5-7,15H2,1-4H3/t8-,9+. The third-order valence-corrected chi connectivity index (χ3v) is 4.66. The molecule has 1 aromatic rings. The Morgan fingerprint density at radius 2 is 2.05 bits per heavy atom. The number of nitrogens with zero attached hydrogens (tertiary/aromatic N) is 1. The first kappa shape index (κ1) is 15.1. The van der Waals surface area contributed by atoms with Gasteiger partial charge in [0, 0.05) is 19.5 Å². The van der Waals surface area contributed by atoms with E-state index in [0.29, 0.717) is 22.7 Å². The number of methoxy groups -OCH3 is 1. The number of carbonyl (C=O) groups is 1. The van der Waals surface area contributed by atoms with Gasteiger partial charge in [-0.25, -0.2) is 0 Å². The van der Waals surface area contributed by atoms with Gasteiger partial charge < -0.3 is 20.1 Å². The Balaban J connectivity index is 2.38. The van der Waals surface area contributed by atoms with Crippen LogP contribution < -0.4 is 15.4 Å². The van der Waals surface area contributed by atoms with Crippen LogP contribution in [0.15, 0.2) is 0 Å². The summed E-state index contributed by atoms with van der Waals surface area (Å²) in [5.74, 6) is 0.680. The van der Waals surface area contributed by atoms with E-state index in [1.54, 1.807) is 7.11 Å². The number of carbonyl (C=O) groups excluding carboxylic acids is 1. The third kappa shape index (κ3) is 2.76. The Morgan fingerprint density at radius 3 is 2.55 bits per heavy atom. The fourth-order valence-electron chi connectivity index (χ4n) is 2.53. The van der Waals surface area contributed by atoms with E-state index in [1.165, 1.54) is 11.3 Å². The van der Waals surface area contributed by atoms with Gasteiger partial charge in [0.15, 0.2) is 11.5 Å². The van der Waals surface area contributed by atoms with Crippen LogP contribution in [0.1, 0.15) is 36.9 Å². The molecule has 0 spiro atoms. The van der Waals surface area contributed by atoms with Gasteiger partial charge in [-0.05, 0) is 13.8 Å². The van der Waals surface area contributed by atoms with Crippen LogP contribution in [-0.4, -0.2) is 38.2 Å². The first-order chi connectivity index (χ1) is 9.47. The van der Waals surface area contributed by atoms with Gasteiger partial charge in [-0.1, -0.05) is 6.92 Å². The van der Waals surface area contributed by atoms with Crippen LogP contribution >= 0.6 is 11.3 Å². The SMILES string of the molecule is CCC(=O)c1sc(N2C[C@@H](C)O[C@@H](C)C2)c(OC)c1N. The van der Waals surface area contributed by atoms with Crippen LogP contribution in [0, 0.1) is 0 Å². The highest BCUT2D eigenvalue weighted by atomic mass is 32.1. The summed E-state index contributed by atoms with van der Waals surface area (Å²) < 4.78 is 11.2. The van der Waals surface area contributed by atoms with Gasteiger partial charge in [0.2, 0.25) is 0 Å². The van der Waals surface area contributed by atoms with Crippen molar-refractivity contribution in [3.8, 4) is 5.75 Å². The van der Waals surface area contributed by atoms with Crippen molar-refractivity contribution < 1.29 is 14.3 Å². The van der Waals surface area contributed by atoms with E-state index in [0.717, 1.165) is 18.1 Å². The topological polar surface area (TPSA) is 64.8 Å². The maximum Gasteiger partial charge on any atom is 0.177 e. The van der Waals surface area contributed by atoms with Crippen molar-refractivity contribution in [1.29, 1.82) is 0 Å². The van der Waals surface area contributed by atoms with E-state index in [4.69, 9.17) is 15.2 Å². The number of nitrogen functional groups attached to an aromatic ring is 1. The molecule has 0 amide bonds. The van der Waals surface area contributed by atoms with E-state index >= 15 is 0 Å². The number of ether oxygens (including phenoxy) is 2. The van der Waals surface area contributed by atoms with Gasteiger partial charge in [0.05, 0.1) is 29.9 Å². The number of hydrogen-bond acceptors (Lipinski definition) is 6. The highest BCUT2D eigenvalue weighted by Gasteiger charge is 2.29. The summed E-state index contributed by atoms with van der Waals surface area (Å²) in [6.45, 7) is 7.49. The van der Waals surface area contributed by atoms with Crippen molar-refractivity contribution in [2.75, 3.05) is 30.8 Å². The van der Waals surface area contributed by atoms with Crippen LogP contribution in [0.5, 0.6) is 5.75 Å². The lowest BCUT2D eigenvalue weighted by Crippen LogP contribution is -2.45. The number of Topliss-reactive ketones (excluding diaryl/α,β-unsaturated/α-hetero) is 1. The smallest absolute Gasteiger partial charge is 0.177 e. The number of hydrogen-bond donors (Lipinski definition) is 1. The molecule has 0 aromatic carbocycles. The van der Waals surface area contributed by atoms with Gasteiger partial charge in [-0.2, -0.15) is 0 Å². The van der Waals surface area contributed by atoms with Gasteiger partial charge in [0.1, 0.15) is 5.00 Å². The second kappa shape index (κ2) is 6.01. The molecule has 1 fully saturated rings. The molecule has 2 heterocycles. The molecule has 0 saturated carbocycles. The zero-order valence-electron chi connectivity index (χ0n) is 12.4. The fraction of sp³-hybridized carbons (Fsp3) is 0.643. The van der Waals surface area contributed by atoms with E-state index in [1.807, 2.05) is 20.8 Å². The zero-order chi connectivity index (χ0) is 14.9. The molecule has 6 heteroatoms. The molecule has 2 atom stereocenters. The number of ketones is 1. The minimum Gasteiger partial charge on any atom is -0.492 e. The summed E-state index contributed by atoms with van der Waals surface area (Å²) >= 11 is 1.42. The molecule has 112 valence electrons. The maximum absolute atomic E-state index is 12.0. The van der Waals surface area contributed by atoms with Gasteiger partial charge in [-0.3, -0.25) is 4.79 Å². The number of nitrogens with two attached hydrogens (primary N) is 1. The first-order valence-corrected chi connectivity index (χ1v) is 7.69. The number of morpholine rings is 1. The summed E-state index contributed by atoms with van der Waals surface area (Å²) in [7, 11) is 1.59. The molecular formula is C14H22N2O3S. The van der Waals surface area contributed by atoms with Crippen LogP contribution in [0.4, 0.5) is 10.7 Å². The van der Waals surface area contributed by atoms with Crippen LogP contribution in [-0.2, 0) is 4.74 Å². The number of thiophene rings is 1. The summed E-state index contributed by atoms with van der Waals surface area (Å²) in [6.07, 6.45) is 0.748. The van der Waals surface area contributed by atoms with Crippen LogP contribution in [0.25, 0.3) is 0 Å². The highest BCUT2D eigenvalue weighted by Crippen LogP contribution is 2.45. The van der Waals surface area contributed by atoms with E-state index < -0.39 is 0 Å². The average Bonchev–Trinajstić information content (AvgIpc) is 2.73. The van der Waals surface area contributed by atoms with Crippen molar-refractivity contribution in [3.63, 3.8) is 0 Å². The normalized spacial score (nSPS) is 22.9. The molecule has 0 bridgehead atoms. The lowest BCUT2D eigenvalue weighted by molar-refractivity contribution is -0.00510. The molecule has 1 aromatic heterocycles. The lowest BCUT2D eigenvalue weighted by Gasteiger charge is -2.36. The number of anilines is 2. The van der Waals surface area contributed by atoms with E-state index in [-0.39, 0.29) is 18.0 Å². The summed E-state index contributed by atoms with van der Waals surface area (Å²) in [5, 5.41) is 0.934. The largest absolute Gasteiger partial charge is 0.492 e. The predicted octanol–water partition coefficient (Wildman–Crippen LogP) is 2.55. The van der Waals surface area contributed by atoms with Gasteiger partial charge >= 0.3 is 0 Å². The number of rotatable bonds is 4. The quantitative estimate of drug-likeness (QED) is 0.865. The van der Waals surface area contributed by atoms with Gasteiger partial charge in [0.25, 0.3) is 0 Å². The molecule has 1 saturated heterocycles. The second-order valence-corrected chi connectivity index (χ2v) is 6.12. The Bertz CT molecular complexity index is 491. The van der Waals surface area contributed by atoms with E-state index in [2.05, 4.69) is 4.90 Å². The monoisotopic (exact) mass is 298 g/mol. The first-order valence-electron chi connectivity index (χ1n) is 6.87. The van der Waals surface area contributed by atoms with Crippen molar-refractivity contribution in [1.82, 2.24) is 0 Å². The predicted molar refractivity (Wildman–Crippen MR) is 82.1 cm³/mol. The summed E-state index contributed by atoms with van der Waals surface area (Å²) in [5.41, 5.74) is 6.54. The van der Waals surface area contributed by atoms with Gasteiger partial charge in [-0.15, -0.1) is 11.3 Å². The second-order valence-electron chi connectivity index (χ2n) is 5.12. The average molecular weight is 298 g/mol. The Hall–Kier alpha value is -1.27. The molecule has 1 aliphatic rings. The van der Waals surface area contributed by atoms with Crippen molar-refractivity contribution >= 4 is 27.8 Å². The summed E-state index contributed by atoms with van der Waals surface area (Å²) in [6, 6.07) is 0. The molecule has 2 N–H and O–H groups in total. The van der Waals surface area contributed by atoms with Crippen molar-refractivity contribution in [3.05, 3.63) is 4.88 Å². The molecule has 2 rings (SSSR count). The fourth-order valence-corrected chi connectivity index (χ4v) is 3.75. The summed E-state index contributed by atoms with van der Waals surface area (Å²) in [4.78, 5) is 14.8. The lowest BCUT2D eigenvalue weighted by atomic mass is 10.2. The van der Waals surface area contributed by atoms with Crippen molar-refractivity contribution in [2.45, 2.75) is 39.4 Å². The molecule has 1 aliphatic heterocycles. The minimum absolute atomic E-state index is 0.0615. The molecule has 5 nitrogen and oxygen atoms in total. The Labute approximate surface area is 123 Å². The third-order valence-electron chi connectivity index (χ3n) is 3.37. The molecule has 20 heavy (non-hydrogen) atoms. The molecule has 0 unspecified atom stereocenters. The van der Waals surface area contributed by atoms with Crippen LogP contribution in [0.3, 0.4) is 0 Å². The zero-order valence-corrected chi connectivity index (χ0v) is 13.3. The van der Waals surface area contributed by atoms with Crippen LogP contribution in [0.2, 0.25) is 0 Å². The maximum atomic E-state index is 12.0. The Kier molecular flexibility index (Phi) is 4.55. The highest BCUT2D eigenvalue weighted by molar-refractivity contribution is 7.19. The van der Waals surface area contributed by atoms with E-state index in [9.17, 15) is 4.79 Å². The molecule has 0 radical (unpaired) electrons. The molecular weight excluding hydrogens is 276 g/mol. The van der Waals surface area contributed by atoms with Crippen molar-refractivity contribution in [2.24, 2.45) is 0 Å². The Morgan fingerprint density at radius 1 is 1.45 bits per heavy atom.